The molecule has 1 amide bonds. The first-order valence-corrected chi connectivity index (χ1v) is 9.68. The number of rotatable bonds is 5. The van der Waals surface area contributed by atoms with E-state index in [1.807, 2.05) is 0 Å². The molecule has 4 rings (SSSR count). The lowest BCUT2D eigenvalue weighted by Gasteiger charge is -2.34. The second kappa shape index (κ2) is 6.06. The van der Waals surface area contributed by atoms with Crippen molar-refractivity contribution in [2.24, 2.45) is 11.8 Å². The summed E-state index contributed by atoms with van der Waals surface area (Å²) in [5.74, 6) is 1.32. The molecule has 0 spiro atoms. The van der Waals surface area contributed by atoms with Crippen LogP contribution in [0.4, 0.5) is 5.13 Å². The van der Waals surface area contributed by atoms with Crippen molar-refractivity contribution >= 4 is 22.4 Å². The van der Waals surface area contributed by atoms with Crippen molar-refractivity contribution in [1.29, 1.82) is 0 Å². The highest BCUT2D eigenvalue weighted by molar-refractivity contribution is 7.13. The van der Waals surface area contributed by atoms with Gasteiger partial charge in [0.2, 0.25) is 5.91 Å². The molecule has 1 aliphatic heterocycles. The van der Waals surface area contributed by atoms with E-state index in [9.17, 15) is 4.79 Å². The van der Waals surface area contributed by atoms with Gasteiger partial charge in [-0.25, -0.2) is 4.98 Å². The van der Waals surface area contributed by atoms with E-state index in [-0.39, 0.29) is 0 Å². The highest BCUT2D eigenvalue weighted by Gasteiger charge is 2.41. The number of hydrogen-bond donors (Lipinski definition) is 0. The second-order valence-electron chi connectivity index (χ2n) is 7.38. The van der Waals surface area contributed by atoms with Gasteiger partial charge in [0.25, 0.3) is 0 Å². The van der Waals surface area contributed by atoms with Gasteiger partial charge in [0.1, 0.15) is 0 Å². The number of carbonyl (C=O) groups excluding carboxylic acids is 1. The molecule has 0 bridgehead atoms. The highest BCUT2D eigenvalue weighted by Crippen LogP contribution is 2.39. The molecule has 3 fully saturated rings. The molecular weight excluding hydrogens is 308 g/mol. The molecule has 1 saturated heterocycles. The van der Waals surface area contributed by atoms with Gasteiger partial charge in [-0.15, -0.1) is 11.3 Å². The molecule has 2 atom stereocenters. The molecule has 0 N–H and O–H groups in total. The minimum Gasteiger partial charge on any atom is -0.348 e. The van der Waals surface area contributed by atoms with Crippen LogP contribution in [0.25, 0.3) is 0 Å². The summed E-state index contributed by atoms with van der Waals surface area (Å²) >= 11 is 1.76. The molecule has 1 aromatic heterocycles. The quantitative estimate of drug-likeness (QED) is 0.826. The van der Waals surface area contributed by atoms with Crippen LogP contribution in [-0.4, -0.2) is 60.0 Å². The highest BCUT2D eigenvalue weighted by atomic mass is 32.1. The predicted octanol–water partition coefficient (Wildman–Crippen LogP) is 2.04. The van der Waals surface area contributed by atoms with Crippen LogP contribution in [0.5, 0.6) is 0 Å². The fourth-order valence-electron chi connectivity index (χ4n) is 3.41. The number of hydrogen-bond acceptors (Lipinski definition) is 5. The Kier molecular flexibility index (Phi) is 4.05. The summed E-state index contributed by atoms with van der Waals surface area (Å²) in [6.45, 7) is 6.78. The normalized spacial score (nSPS) is 28.0. The number of amides is 1. The third-order valence-electron chi connectivity index (χ3n) is 5.43. The van der Waals surface area contributed by atoms with E-state index in [0.29, 0.717) is 23.8 Å². The van der Waals surface area contributed by atoms with E-state index >= 15 is 0 Å². The van der Waals surface area contributed by atoms with Gasteiger partial charge in [-0.05, 0) is 25.2 Å². The molecule has 6 heteroatoms. The molecule has 2 aliphatic carbocycles. The van der Waals surface area contributed by atoms with Crippen LogP contribution in [0.15, 0.2) is 5.38 Å². The Morgan fingerprint density at radius 1 is 1.35 bits per heavy atom. The van der Waals surface area contributed by atoms with Gasteiger partial charge in [0.05, 0.1) is 5.69 Å². The molecule has 3 aliphatic rings. The molecule has 23 heavy (non-hydrogen) atoms. The number of carbonyl (C=O) groups is 1. The van der Waals surface area contributed by atoms with Gasteiger partial charge >= 0.3 is 0 Å². The van der Waals surface area contributed by atoms with Crippen LogP contribution in [0.1, 0.15) is 31.9 Å². The summed E-state index contributed by atoms with van der Waals surface area (Å²) in [4.78, 5) is 23.9. The third-order valence-corrected chi connectivity index (χ3v) is 6.41. The van der Waals surface area contributed by atoms with Crippen molar-refractivity contribution in [3.8, 4) is 0 Å². The Morgan fingerprint density at radius 2 is 2.04 bits per heavy atom. The van der Waals surface area contributed by atoms with Gasteiger partial charge in [-0.2, -0.15) is 0 Å². The summed E-state index contributed by atoms with van der Waals surface area (Å²) in [5.41, 5.74) is 1.17. The average Bonchev–Trinajstić information content (AvgIpc) is 3.47. The average molecular weight is 334 g/mol. The molecule has 1 aromatic rings. The first-order valence-electron chi connectivity index (χ1n) is 8.80. The predicted molar refractivity (Wildman–Crippen MR) is 92.7 cm³/mol. The molecule has 5 nitrogen and oxygen atoms in total. The Bertz CT molecular complexity index is 577. The third kappa shape index (κ3) is 3.38. The van der Waals surface area contributed by atoms with E-state index in [1.165, 1.54) is 18.5 Å². The Labute approximate surface area is 142 Å². The number of piperazine rings is 1. The van der Waals surface area contributed by atoms with E-state index in [2.05, 4.69) is 34.1 Å². The van der Waals surface area contributed by atoms with Crippen molar-refractivity contribution < 1.29 is 4.79 Å². The lowest BCUT2D eigenvalue weighted by atomic mass is 10.2. The maximum atomic E-state index is 12.3. The first-order chi connectivity index (χ1) is 11.1. The standard InChI is InChI=1S/C17H26N4OS/c1-12-9-15(12)16(22)21-7-5-20(6-8-21)10-13-11-23-17(18-13)19(2)14-3-4-14/h11-12,14-15H,3-10H2,1-2H3. The van der Waals surface area contributed by atoms with Gasteiger partial charge < -0.3 is 9.80 Å². The van der Waals surface area contributed by atoms with Crippen molar-refractivity contribution in [2.75, 3.05) is 38.1 Å². The van der Waals surface area contributed by atoms with Crippen molar-refractivity contribution in [1.82, 2.24) is 14.8 Å². The Morgan fingerprint density at radius 3 is 2.65 bits per heavy atom. The molecule has 126 valence electrons. The van der Waals surface area contributed by atoms with Crippen molar-refractivity contribution in [2.45, 2.75) is 38.8 Å². The largest absolute Gasteiger partial charge is 0.348 e. The van der Waals surface area contributed by atoms with Gasteiger partial charge in [-0.1, -0.05) is 6.92 Å². The van der Waals surface area contributed by atoms with Gasteiger partial charge in [0, 0.05) is 57.1 Å². The van der Waals surface area contributed by atoms with Crippen LogP contribution >= 0.6 is 11.3 Å². The van der Waals surface area contributed by atoms with Crippen LogP contribution < -0.4 is 4.90 Å². The van der Waals surface area contributed by atoms with Crippen LogP contribution in [0.3, 0.4) is 0 Å². The number of thiazole rings is 1. The topological polar surface area (TPSA) is 39.7 Å². The second-order valence-corrected chi connectivity index (χ2v) is 8.22. The zero-order chi connectivity index (χ0) is 16.0. The Hall–Kier alpha value is -1.14. The van der Waals surface area contributed by atoms with E-state index < -0.39 is 0 Å². The maximum absolute atomic E-state index is 12.3. The molecular formula is C17H26N4OS. The monoisotopic (exact) mass is 334 g/mol. The van der Waals surface area contributed by atoms with Crippen LogP contribution in [0.2, 0.25) is 0 Å². The van der Waals surface area contributed by atoms with Crippen molar-refractivity contribution in [3.05, 3.63) is 11.1 Å². The maximum Gasteiger partial charge on any atom is 0.226 e. The summed E-state index contributed by atoms with van der Waals surface area (Å²) in [6.07, 6.45) is 3.71. The summed E-state index contributed by atoms with van der Waals surface area (Å²) in [6, 6.07) is 0.716. The first kappa shape index (κ1) is 15.4. The van der Waals surface area contributed by atoms with Crippen LogP contribution in [-0.2, 0) is 11.3 Å². The van der Waals surface area contributed by atoms with E-state index in [0.717, 1.165) is 44.3 Å². The number of nitrogens with zero attached hydrogens (tertiary/aromatic N) is 4. The van der Waals surface area contributed by atoms with E-state index in [1.54, 1.807) is 11.3 Å². The lowest BCUT2D eigenvalue weighted by Crippen LogP contribution is -2.48. The number of anilines is 1. The van der Waals surface area contributed by atoms with E-state index in [4.69, 9.17) is 4.98 Å². The number of aromatic nitrogens is 1. The SMILES string of the molecule is CC1CC1C(=O)N1CCN(Cc2csc(N(C)C3CC3)n2)CC1. The lowest BCUT2D eigenvalue weighted by molar-refractivity contribution is -0.134. The molecule has 2 heterocycles. The zero-order valence-corrected chi connectivity index (χ0v) is 14.9. The van der Waals surface area contributed by atoms with Gasteiger partial charge in [0.15, 0.2) is 5.13 Å². The fourth-order valence-corrected chi connectivity index (χ4v) is 4.26. The summed E-state index contributed by atoms with van der Waals surface area (Å²) < 4.78 is 0. The molecule has 0 aromatic carbocycles. The minimum absolute atomic E-state index is 0.320. The zero-order valence-electron chi connectivity index (χ0n) is 14.1. The minimum atomic E-state index is 0.320. The molecule has 0 radical (unpaired) electrons. The fraction of sp³-hybridized carbons (Fsp3) is 0.765. The van der Waals surface area contributed by atoms with Crippen molar-refractivity contribution in [3.63, 3.8) is 0 Å². The molecule has 2 saturated carbocycles. The van der Waals surface area contributed by atoms with Crippen LogP contribution in [0, 0.1) is 11.8 Å². The molecule has 2 unspecified atom stereocenters. The summed E-state index contributed by atoms with van der Waals surface area (Å²) in [5, 5.41) is 3.34. The summed E-state index contributed by atoms with van der Waals surface area (Å²) in [7, 11) is 2.16. The van der Waals surface area contributed by atoms with Gasteiger partial charge in [-0.3, -0.25) is 9.69 Å². The Balaban J connectivity index is 1.27. The smallest absolute Gasteiger partial charge is 0.226 e.